The fourth-order valence-corrected chi connectivity index (χ4v) is 6.55. The molecule has 0 saturated heterocycles. The number of nitrogens with zero attached hydrogens (tertiary/aromatic N) is 2. The fourth-order valence-electron chi connectivity index (χ4n) is 6.55. The summed E-state index contributed by atoms with van der Waals surface area (Å²) in [5.74, 6) is 1.58. The van der Waals surface area contributed by atoms with E-state index in [4.69, 9.17) is 4.74 Å². The van der Waals surface area contributed by atoms with Crippen LogP contribution in [0.2, 0.25) is 0 Å². The molecule has 0 spiro atoms. The molecule has 39 heavy (non-hydrogen) atoms. The van der Waals surface area contributed by atoms with Gasteiger partial charge in [0.05, 0.1) is 7.11 Å². The number of hydrogen-bond acceptors (Lipinski definition) is 4. The van der Waals surface area contributed by atoms with Gasteiger partial charge >= 0.3 is 0 Å². The number of benzene rings is 2. The van der Waals surface area contributed by atoms with E-state index >= 15 is 0 Å². The highest BCUT2D eigenvalue weighted by atomic mass is 16.5. The molecule has 1 N–H and O–H groups in total. The Morgan fingerprint density at radius 1 is 0.692 bits per heavy atom. The van der Waals surface area contributed by atoms with Crippen LogP contribution in [0.25, 0.3) is 0 Å². The van der Waals surface area contributed by atoms with E-state index in [1.165, 1.54) is 106 Å². The van der Waals surface area contributed by atoms with E-state index in [0.29, 0.717) is 17.8 Å². The van der Waals surface area contributed by atoms with Crippen LogP contribution in [-0.4, -0.2) is 60.3 Å². The Morgan fingerprint density at radius 3 is 1.72 bits per heavy atom. The second kappa shape index (κ2) is 16.9. The number of fused-ring (bicyclic) bond motifs is 2. The van der Waals surface area contributed by atoms with Crippen LogP contribution < -0.4 is 4.74 Å². The number of phenolic OH excluding ortho intramolecular Hbond substituents is 1. The molecule has 2 aliphatic rings. The van der Waals surface area contributed by atoms with Crippen LogP contribution in [0, 0.1) is 0 Å². The lowest BCUT2D eigenvalue weighted by Crippen LogP contribution is -2.40. The number of aryl methyl sites for hydroxylation is 2. The minimum atomic E-state index is 0.495. The maximum absolute atomic E-state index is 10.0. The normalized spacial score (nSPS) is 18.3. The Bertz CT molecular complexity index is 961. The highest BCUT2D eigenvalue weighted by Crippen LogP contribution is 2.32. The first-order valence-electron chi connectivity index (χ1n) is 16.0. The van der Waals surface area contributed by atoms with Gasteiger partial charge in [0.2, 0.25) is 0 Å². The van der Waals surface area contributed by atoms with E-state index in [-0.39, 0.29) is 0 Å². The van der Waals surface area contributed by atoms with Gasteiger partial charge in [-0.2, -0.15) is 0 Å². The Labute approximate surface area is 239 Å². The molecule has 0 aromatic heterocycles. The molecule has 0 bridgehead atoms. The molecule has 2 atom stereocenters. The van der Waals surface area contributed by atoms with E-state index in [2.05, 4.69) is 61.8 Å². The summed E-state index contributed by atoms with van der Waals surface area (Å²) < 4.78 is 5.56. The van der Waals surface area contributed by atoms with Crippen molar-refractivity contribution in [3.63, 3.8) is 0 Å². The van der Waals surface area contributed by atoms with Gasteiger partial charge in [0.15, 0.2) is 0 Å². The standard InChI is InChI=1S/C18H29NO.C17H27NO/c1-4-6-13-19(12-5-2)16-11-10-15-8-7-9-18(20-3)17(15)14-16;1-3-5-12-18(11-4-2)15-10-9-14-7-6-8-17(19)16(14)13-15/h7-9,16H,4-6,10-14H2,1-3H3;6-8,15,19H,3-5,9-13H2,1-2H3. The predicted octanol–water partition coefficient (Wildman–Crippen LogP) is 7.83. The van der Waals surface area contributed by atoms with Gasteiger partial charge in [-0.25, -0.2) is 0 Å². The van der Waals surface area contributed by atoms with E-state index < -0.39 is 0 Å². The summed E-state index contributed by atoms with van der Waals surface area (Å²) in [6.45, 7) is 14.0. The van der Waals surface area contributed by atoms with Gasteiger partial charge in [-0.05, 0) is 125 Å². The highest BCUT2D eigenvalue weighted by Gasteiger charge is 2.26. The van der Waals surface area contributed by atoms with E-state index in [1.807, 2.05) is 12.1 Å². The molecular weight excluding hydrogens is 480 g/mol. The lowest BCUT2D eigenvalue weighted by molar-refractivity contribution is 0.176. The Morgan fingerprint density at radius 2 is 1.21 bits per heavy atom. The molecule has 4 nitrogen and oxygen atoms in total. The van der Waals surface area contributed by atoms with Crippen LogP contribution in [0.4, 0.5) is 0 Å². The van der Waals surface area contributed by atoms with Gasteiger partial charge < -0.3 is 19.6 Å². The van der Waals surface area contributed by atoms with Crippen molar-refractivity contribution in [1.29, 1.82) is 0 Å². The summed E-state index contributed by atoms with van der Waals surface area (Å²) in [4.78, 5) is 5.35. The fraction of sp³-hybridized carbons (Fsp3) is 0.657. The van der Waals surface area contributed by atoms with Gasteiger partial charge in [0, 0.05) is 12.1 Å². The van der Waals surface area contributed by atoms with Crippen molar-refractivity contribution in [1.82, 2.24) is 9.80 Å². The molecule has 0 saturated carbocycles. The molecule has 0 fully saturated rings. The quantitative estimate of drug-likeness (QED) is 0.283. The summed E-state index contributed by atoms with van der Waals surface area (Å²) in [7, 11) is 1.79. The summed E-state index contributed by atoms with van der Waals surface area (Å²) in [5.41, 5.74) is 5.48. The molecule has 4 rings (SSSR count). The molecular formula is C35H56N2O2. The zero-order chi connectivity index (χ0) is 28.0. The molecule has 2 aromatic carbocycles. The van der Waals surface area contributed by atoms with Crippen LogP contribution in [0.15, 0.2) is 36.4 Å². The molecule has 2 unspecified atom stereocenters. The van der Waals surface area contributed by atoms with Crippen molar-refractivity contribution in [3.05, 3.63) is 58.7 Å². The minimum absolute atomic E-state index is 0.495. The van der Waals surface area contributed by atoms with Gasteiger partial charge in [0.1, 0.15) is 11.5 Å². The Kier molecular flexibility index (Phi) is 13.7. The third kappa shape index (κ3) is 8.98. The van der Waals surface area contributed by atoms with E-state index in [0.717, 1.165) is 25.0 Å². The van der Waals surface area contributed by atoms with Gasteiger partial charge in [-0.3, -0.25) is 0 Å². The monoisotopic (exact) mass is 536 g/mol. The molecule has 0 aliphatic heterocycles. The topological polar surface area (TPSA) is 35.9 Å². The Balaban J connectivity index is 0.000000216. The lowest BCUT2D eigenvalue weighted by Gasteiger charge is -2.35. The van der Waals surface area contributed by atoms with Crippen LogP contribution in [0.3, 0.4) is 0 Å². The maximum atomic E-state index is 10.0. The number of hydrogen-bond donors (Lipinski definition) is 1. The second-order valence-electron chi connectivity index (χ2n) is 11.6. The van der Waals surface area contributed by atoms with Crippen molar-refractivity contribution in [2.24, 2.45) is 0 Å². The highest BCUT2D eigenvalue weighted by molar-refractivity contribution is 5.43. The molecule has 2 aromatic rings. The molecule has 4 heteroatoms. The minimum Gasteiger partial charge on any atom is -0.508 e. The van der Waals surface area contributed by atoms with Crippen LogP contribution >= 0.6 is 0 Å². The molecule has 0 heterocycles. The third-order valence-corrected chi connectivity index (χ3v) is 8.72. The van der Waals surface area contributed by atoms with E-state index in [9.17, 15) is 5.11 Å². The predicted molar refractivity (Wildman–Crippen MR) is 166 cm³/mol. The summed E-state index contributed by atoms with van der Waals surface area (Å²) in [6, 6.07) is 13.8. The largest absolute Gasteiger partial charge is 0.508 e. The van der Waals surface area contributed by atoms with Crippen LogP contribution in [0.5, 0.6) is 11.5 Å². The number of methoxy groups -OCH3 is 1. The second-order valence-corrected chi connectivity index (χ2v) is 11.6. The van der Waals surface area contributed by atoms with Crippen LogP contribution in [-0.2, 0) is 25.7 Å². The van der Waals surface area contributed by atoms with Gasteiger partial charge in [-0.15, -0.1) is 0 Å². The zero-order valence-electron chi connectivity index (χ0n) is 25.7. The Hall–Kier alpha value is -2.04. The van der Waals surface area contributed by atoms with Crippen molar-refractivity contribution in [3.8, 4) is 11.5 Å². The summed E-state index contributed by atoms with van der Waals surface area (Å²) in [5, 5.41) is 10.0. The van der Waals surface area contributed by atoms with Crippen LogP contribution in [0.1, 0.15) is 101 Å². The van der Waals surface area contributed by atoms with Gasteiger partial charge in [-0.1, -0.05) is 64.8 Å². The van der Waals surface area contributed by atoms with Crippen molar-refractivity contribution in [2.45, 2.75) is 117 Å². The average molecular weight is 537 g/mol. The third-order valence-electron chi connectivity index (χ3n) is 8.72. The van der Waals surface area contributed by atoms with E-state index in [1.54, 1.807) is 7.11 Å². The SMILES string of the molecule is CCCCN(CCC)C1CCc2cccc(O)c2C1.CCCCN(CCC)C1CCc2cccc(OC)c2C1. The van der Waals surface area contributed by atoms with Crippen molar-refractivity contribution < 1.29 is 9.84 Å². The number of phenols is 1. The first-order chi connectivity index (χ1) is 19.1. The number of unbranched alkanes of at least 4 members (excludes halogenated alkanes) is 2. The first-order valence-corrected chi connectivity index (χ1v) is 16.0. The first kappa shape index (κ1) is 31.5. The van der Waals surface area contributed by atoms with Crippen molar-refractivity contribution >= 4 is 0 Å². The molecule has 2 aliphatic carbocycles. The number of aromatic hydroxyl groups is 1. The maximum Gasteiger partial charge on any atom is 0.122 e. The number of ether oxygens (including phenoxy) is 1. The molecule has 0 radical (unpaired) electrons. The smallest absolute Gasteiger partial charge is 0.122 e. The number of rotatable bonds is 13. The zero-order valence-corrected chi connectivity index (χ0v) is 25.7. The summed E-state index contributed by atoms with van der Waals surface area (Å²) >= 11 is 0. The summed E-state index contributed by atoms with van der Waals surface area (Å²) in [6.07, 6.45) is 14.6. The molecule has 0 amide bonds. The van der Waals surface area contributed by atoms with Gasteiger partial charge in [0.25, 0.3) is 0 Å². The average Bonchev–Trinajstić information content (AvgIpc) is 2.97. The molecule has 218 valence electrons. The van der Waals surface area contributed by atoms with Crippen molar-refractivity contribution in [2.75, 3.05) is 33.3 Å². The lowest BCUT2D eigenvalue weighted by atomic mass is 9.86.